The van der Waals surface area contributed by atoms with Crippen LogP contribution in [0.4, 0.5) is 13.2 Å². The van der Waals surface area contributed by atoms with E-state index in [4.69, 9.17) is 0 Å². The maximum absolute atomic E-state index is 12.9. The summed E-state index contributed by atoms with van der Waals surface area (Å²) in [6.45, 7) is 1.29. The normalized spacial score (nSPS) is 17.2. The van der Waals surface area contributed by atoms with Gasteiger partial charge < -0.3 is 9.47 Å². The average molecular weight is 389 g/mol. The topological polar surface area (TPSA) is 56.0 Å². The molecule has 4 rings (SSSR count). The van der Waals surface area contributed by atoms with Crippen molar-refractivity contribution in [2.45, 2.75) is 31.6 Å². The van der Waals surface area contributed by atoms with Crippen LogP contribution in [-0.2, 0) is 12.7 Å². The molecule has 0 N–H and O–H groups in total. The molecule has 6 nitrogen and oxygen atoms in total. The molecule has 1 aromatic carbocycles. The number of carbonyl (C=O) groups excluding carboxylic acids is 1. The Morgan fingerprint density at radius 2 is 2.07 bits per heavy atom. The van der Waals surface area contributed by atoms with Gasteiger partial charge in [-0.05, 0) is 37.1 Å². The number of imidazole rings is 1. The van der Waals surface area contributed by atoms with Gasteiger partial charge in [-0.3, -0.25) is 4.79 Å². The van der Waals surface area contributed by atoms with Gasteiger partial charge >= 0.3 is 6.18 Å². The van der Waals surface area contributed by atoms with Gasteiger partial charge in [-0.2, -0.15) is 18.3 Å². The van der Waals surface area contributed by atoms with Crippen LogP contribution in [0.1, 0.15) is 28.9 Å². The third kappa shape index (κ3) is 3.64. The van der Waals surface area contributed by atoms with Gasteiger partial charge in [0.15, 0.2) is 5.69 Å². The number of alkyl halides is 3. The number of hydrogen-bond acceptors (Lipinski definition) is 3. The lowest BCUT2D eigenvalue weighted by molar-refractivity contribution is -0.137. The highest BCUT2D eigenvalue weighted by molar-refractivity contribution is 5.92. The van der Waals surface area contributed by atoms with Gasteiger partial charge in [0.25, 0.3) is 5.91 Å². The largest absolute Gasteiger partial charge is 0.416 e. The first kappa shape index (κ1) is 18.3. The van der Waals surface area contributed by atoms with Crippen molar-refractivity contribution in [1.29, 1.82) is 0 Å². The quantitative estimate of drug-likeness (QED) is 0.687. The van der Waals surface area contributed by atoms with Gasteiger partial charge in [0.1, 0.15) is 0 Å². The van der Waals surface area contributed by atoms with E-state index in [2.05, 4.69) is 10.1 Å². The summed E-state index contributed by atoms with van der Waals surface area (Å²) < 4.78 is 42.0. The first-order chi connectivity index (χ1) is 13.4. The highest BCUT2D eigenvalue weighted by Gasteiger charge is 2.32. The molecule has 0 bridgehead atoms. The summed E-state index contributed by atoms with van der Waals surface area (Å²) in [4.78, 5) is 18.7. The first-order valence-electron chi connectivity index (χ1n) is 8.92. The molecule has 3 heterocycles. The fraction of sp³-hybridized carbons (Fsp3) is 0.316. The first-order valence-corrected chi connectivity index (χ1v) is 8.92. The summed E-state index contributed by atoms with van der Waals surface area (Å²) in [7, 11) is 0. The highest BCUT2D eigenvalue weighted by atomic mass is 19.4. The molecule has 1 aliphatic rings. The lowest BCUT2D eigenvalue weighted by Gasteiger charge is -2.24. The Morgan fingerprint density at radius 1 is 1.21 bits per heavy atom. The summed E-state index contributed by atoms with van der Waals surface area (Å²) in [6.07, 6.45) is 4.11. The molecule has 0 saturated carbocycles. The number of hydrogen-bond donors (Lipinski definition) is 0. The van der Waals surface area contributed by atoms with Crippen molar-refractivity contribution in [3.05, 3.63) is 66.5 Å². The van der Waals surface area contributed by atoms with Gasteiger partial charge in [-0.1, -0.05) is 6.07 Å². The second kappa shape index (κ2) is 7.14. The molecule has 2 aromatic heterocycles. The molecule has 28 heavy (non-hydrogen) atoms. The lowest BCUT2D eigenvalue weighted by Crippen LogP contribution is -2.38. The number of nitrogens with zero attached hydrogens (tertiary/aromatic N) is 5. The van der Waals surface area contributed by atoms with Crippen LogP contribution >= 0.6 is 0 Å². The molecule has 0 radical (unpaired) electrons. The van der Waals surface area contributed by atoms with Crippen LogP contribution in [0.5, 0.6) is 0 Å². The van der Waals surface area contributed by atoms with Crippen LogP contribution in [0.25, 0.3) is 5.69 Å². The minimum atomic E-state index is -4.43. The second-order valence-electron chi connectivity index (χ2n) is 6.75. The zero-order valence-electron chi connectivity index (χ0n) is 14.9. The molecular weight excluding hydrogens is 371 g/mol. The van der Waals surface area contributed by atoms with E-state index in [1.807, 2.05) is 10.8 Å². The molecule has 0 spiro atoms. The number of rotatable bonds is 4. The fourth-order valence-electron chi connectivity index (χ4n) is 3.48. The summed E-state index contributed by atoms with van der Waals surface area (Å²) in [5, 5.41) is 4.22. The maximum Gasteiger partial charge on any atom is 0.416 e. The zero-order valence-corrected chi connectivity index (χ0v) is 14.9. The minimum absolute atomic E-state index is 0.0420. The van der Waals surface area contributed by atoms with E-state index >= 15 is 0 Å². The predicted molar refractivity (Wildman–Crippen MR) is 94.9 cm³/mol. The number of likely N-dealkylation sites (tertiary alicyclic amines) is 1. The Bertz CT molecular complexity index is 964. The highest BCUT2D eigenvalue weighted by Crippen LogP contribution is 2.30. The van der Waals surface area contributed by atoms with E-state index < -0.39 is 11.7 Å². The number of amides is 1. The van der Waals surface area contributed by atoms with E-state index in [9.17, 15) is 18.0 Å². The predicted octanol–water partition coefficient (Wildman–Crippen LogP) is 3.39. The summed E-state index contributed by atoms with van der Waals surface area (Å²) >= 11 is 0. The third-order valence-corrected chi connectivity index (χ3v) is 4.86. The molecule has 3 aromatic rings. The monoisotopic (exact) mass is 389 g/mol. The summed E-state index contributed by atoms with van der Waals surface area (Å²) in [5.74, 6) is -0.214. The Labute approximate surface area is 159 Å². The van der Waals surface area contributed by atoms with Gasteiger partial charge in [0.05, 0.1) is 23.6 Å². The Hall–Kier alpha value is -3.10. The van der Waals surface area contributed by atoms with Crippen molar-refractivity contribution in [2.24, 2.45) is 0 Å². The smallest absolute Gasteiger partial charge is 0.335 e. The molecule has 1 atom stereocenters. The molecule has 1 fully saturated rings. The van der Waals surface area contributed by atoms with Crippen LogP contribution in [0, 0.1) is 0 Å². The molecule has 9 heteroatoms. The Balaban J connectivity index is 1.53. The van der Waals surface area contributed by atoms with Crippen LogP contribution in [0.2, 0.25) is 0 Å². The van der Waals surface area contributed by atoms with Crippen molar-refractivity contribution in [2.75, 3.05) is 6.54 Å². The van der Waals surface area contributed by atoms with E-state index in [1.165, 1.54) is 29.1 Å². The molecule has 146 valence electrons. The van der Waals surface area contributed by atoms with E-state index in [-0.39, 0.29) is 23.3 Å². The van der Waals surface area contributed by atoms with Gasteiger partial charge in [-0.15, -0.1) is 0 Å². The standard InChI is InChI=1S/C19H18F3N5O/c20-19(21,22)14-3-1-4-15(11-14)27-9-6-17(24-27)18(28)26-8-2-5-16(26)12-25-10-7-23-13-25/h1,3-4,6-7,9-11,13,16H,2,5,8,12H2. The SMILES string of the molecule is O=C(c1ccn(-c2cccc(C(F)(F)F)c2)n1)N1CCCC1Cn1ccnc1. The Morgan fingerprint density at radius 3 is 2.82 bits per heavy atom. The van der Waals surface area contributed by atoms with E-state index in [1.54, 1.807) is 17.4 Å². The van der Waals surface area contributed by atoms with Crippen molar-refractivity contribution in [3.8, 4) is 5.69 Å². The van der Waals surface area contributed by atoms with E-state index in [0.717, 1.165) is 25.0 Å². The van der Waals surface area contributed by atoms with E-state index in [0.29, 0.717) is 13.1 Å². The zero-order chi connectivity index (χ0) is 19.7. The molecule has 1 unspecified atom stereocenters. The van der Waals surface area contributed by atoms with Gasteiger partial charge in [-0.25, -0.2) is 9.67 Å². The van der Waals surface area contributed by atoms with Crippen molar-refractivity contribution in [3.63, 3.8) is 0 Å². The lowest BCUT2D eigenvalue weighted by atomic mass is 10.2. The van der Waals surface area contributed by atoms with Crippen molar-refractivity contribution < 1.29 is 18.0 Å². The third-order valence-electron chi connectivity index (χ3n) is 4.86. The number of benzene rings is 1. The number of halogens is 3. The maximum atomic E-state index is 12.9. The average Bonchev–Trinajstić information content (AvgIpc) is 3.43. The van der Waals surface area contributed by atoms with Crippen molar-refractivity contribution in [1.82, 2.24) is 24.2 Å². The number of carbonyl (C=O) groups is 1. The second-order valence-corrected chi connectivity index (χ2v) is 6.75. The van der Waals surface area contributed by atoms with Crippen LogP contribution in [0.3, 0.4) is 0 Å². The number of aromatic nitrogens is 4. The fourth-order valence-corrected chi connectivity index (χ4v) is 3.48. The summed E-state index contributed by atoms with van der Waals surface area (Å²) in [5.41, 5.74) is -0.284. The van der Waals surface area contributed by atoms with Gasteiger partial charge in [0, 0.05) is 31.7 Å². The van der Waals surface area contributed by atoms with Crippen LogP contribution in [-0.4, -0.2) is 42.7 Å². The molecular formula is C19H18F3N5O. The van der Waals surface area contributed by atoms with Crippen LogP contribution in [0.15, 0.2) is 55.2 Å². The molecule has 1 saturated heterocycles. The van der Waals surface area contributed by atoms with Gasteiger partial charge in [0.2, 0.25) is 0 Å². The summed E-state index contributed by atoms with van der Waals surface area (Å²) in [6, 6.07) is 6.44. The van der Waals surface area contributed by atoms with Crippen molar-refractivity contribution >= 4 is 5.91 Å². The molecule has 1 amide bonds. The Kier molecular flexibility index (Phi) is 4.66. The molecule has 0 aliphatic carbocycles. The minimum Gasteiger partial charge on any atom is -0.335 e. The van der Waals surface area contributed by atoms with Crippen LogP contribution < -0.4 is 0 Å². The molecule has 1 aliphatic heterocycles.